The van der Waals surface area contributed by atoms with E-state index in [2.05, 4.69) is 25.8 Å². The molecular formula is C10H20N2. The van der Waals surface area contributed by atoms with Crippen molar-refractivity contribution in [3.8, 4) is 0 Å². The molecule has 0 spiro atoms. The molecule has 0 amide bonds. The number of amidine groups is 1. The van der Waals surface area contributed by atoms with E-state index in [1.165, 1.54) is 12.8 Å². The first-order valence-electron chi connectivity index (χ1n) is 4.98. The molecule has 2 N–H and O–H groups in total. The van der Waals surface area contributed by atoms with Gasteiger partial charge in [0.2, 0.25) is 0 Å². The zero-order chi connectivity index (χ0) is 9.14. The normalized spacial score (nSPS) is 21.5. The van der Waals surface area contributed by atoms with E-state index in [0.29, 0.717) is 17.9 Å². The molecule has 0 aromatic heterocycles. The maximum Gasteiger partial charge on any atom is 0.0971 e. The van der Waals surface area contributed by atoms with Crippen LogP contribution < -0.4 is 5.73 Å². The lowest BCUT2D eigenvalue weighted by Crippen LogP contribution is -2.21. The van der Waals surface area contributed by atoms with E-state index in [-0.39, 0.29) is 0 Å². The third-order valence-corrected chi connectivity index (χ3v) is 2.50. The Morgan fingerprint density at radius 1 is 1.50 bits per heavy atom. The summed E-state index contributed by atoms with van der Waals surface area (Å²) in [7, 11) is 0. The van der Waals surface area contributed by atoms with Crippen LogP contribution in [0.3, 0.4) is 0 Å². The third kappa shape index (κ3) is 2.50. The van der Waals surface area contributed by atoms with E-state index < -0.39 is 0 Å². The molecule has 1 fully saturated rings. The van der Waals surface area contributed by atoms with Crippen molar-refractivity contribution in [1.29, 1.82) is 0 Å². The first kappa shape index (κ1) is 9.56. The predicted octanol–water partition coefficient (Wildman–Crippen LogP) is 2.19. The van der Waals surface area contributed by atoms with E-state index in [9.17, 15) is 0 Å². The van der Waals surface area contributed by atoms with Gasteiger partial charge in [0.1, 0.15) is 0 Å². The Hall–Kier alpha value is -0.530. The molecule has 1 rings (SSSR count). The molecule has 2 nitrogen and oxygen atoms in total. The summed E-state index contributed by atoms with van der Waals surface area (Å²) in [6, 6.07) is 0.436. The summed E-state index contributed by atoms with van der Waals surface area (Å²) < 4.78 is 0. The van der Waals surface area contributed by atoms with E-state index in [1.54, 1.807) is 0 Å². The molecule has 70 valence electrons. The molecule has 0 aromatic carbocycles. The molecule has 2 heteroatoms. The Morgan fingerprint density at radius 2 is 2.08 bits per heavy atom. The van der Waals surface area contributed by atoms with Crippen molar-refractivity contribution < 1.29 is 0 Å². The smallest absolute Gasteiger partial charge is 0.0971 e. The number of aliphatic imine (C=N–C) groups is 1. The fourth-order valence-corrected chi connectivity index (χ4v) is 1.39. The number of nitrogens with two attached hydrogens (primary N) is 1. The number of rotatable bonds is 4. The number of hydrogen-bond acceptors (Lipinski definition) is 1. The van der Waals surface area contributed by atoms with Crippen LogP contribution in [-0.4, -0.2) is 11.9 Å². The molecule has 1 unspecified atom stereocenters. The Labute approximate surface area is 75.3 Å². The van der Waals surface area contributed by atoms with Crippen LogP contribution in [0.2, 0.25) is 0 Å². The minimum atomic E-state index is 0.436. The molecule has 0 heterocycles. The lowest BCUT2D eigenvalue weighted by Gasteiger charge is -2.14. The zero-order valence-electron chi connectivity index (χ0n) is 8.38. The summed E-state index contributed by atoms with van der Waals surface area (Å²) in [5.74, 6) is 2.14. The number of nitrogens with zero attached hydrogens (tertiary/aromatic N) is 1. The van der Waals surface area contributed by atoms with Gasteiger partial charge in [0.15, 0.2) is 0 Å². The van der Waals surface area contributed by atoms with E-state index >= 15 is 0 Å². The molecule has 12 heavy (non-hydrogen) atoms. The van der Waals surface area contributed by atoms with E-state index in [4.69, 9.17) is 5.73 Å². The molecule has 0 bridgehead atoms. The molecule has 1 atom stereocenters. The standard InChI is InChI=1S/C10H20N2/c1-4-9(7(2)3)12-10(11)8-5-6-8/h7-9H,4-6H2,1-3H3,(H2,11,12). The lowest BCUT2D eigenvalue weighted by atomic mass is 10.0. The maximum absolute atomic E-state index is 5.84. The van der Waals surface area contributed by atoms with Crippen molar-refractivity contribution in [3.63, 3.8) is 0 Å². The summed E-state index contributed by atoms with van der Waals surface area (Å²) in [6.07, 6.45) is 3.61. The van der Waals surface area contributed by atoms with Crippen LogP contribution in [0.25, 0.3) is 0 Å². The van der Waals surface area contributed by atoms with Crippen LogP contribution in [0, 0.1) is 11.8 Å². The monoisotopic (exact) mass is 168 g/mol. The minimum Gasteiger partial charge on any atom is -0.387 e. The molecule has 0 aliphatic heterocycles. The van der Waals surface area contributed by atoms with Gasteiger partial charge in [-0.05, 0) is 25.2 Å². The van der Waals surface area contributed by atoms with Crippen LogP contribution >= 0.6 is 0 Å². The van der Waals surface area contributed by atoms with Crippen molar-refractivity contribution in [2.75, 3.05) is 0 Å². The Kier molecular flexibility index (Phi) is 3.12. The van der Waals surface area contributed by atoms with Crippen LogP contribution in [0.4, 0.5) is 0 Å². The highest BCUT2D eigenvalue weighted by Gasteiger charge is 2.26. The van der Waals surface area contributed by atoms with Crippen LogP contribution in [0.5, 0.6) is 0 Å². The third-order valence-electron chi connectivity index (χ3n) is 2.50. The molecule has 1 aliphatic carbocycles. The quantitative estimate of drug-likeness (QED) is 0.507. The summed E-state index contributed by atoms with van der Waals surface area (Å²) in [5, 5.41) is 0. The Bertz CT molecular complexity index is 169. The minimum absolute atomic E-state index is 0.436. The molecule has 1 saturated carbocycles. The topological polar surface area (TPSA) is 38.4 Å². The van der Waals surface area contributed by atoms with Gasteiger partial charge in [0.25, 0.3) is 0 Å². The first-order chi connectivity index (χ1) is 5.65. The molecule has 1 aliphatic rings. The first-order valence-corrected chi connectivity index (χ1v) is 4.98. The highest BCUT2D eigenvalue weighted by atomic mass is 14.9. The van der Waals surface area contributed by atoms with Crippen molar-refractivity contribution in [1.82, 2.24) is 0 Å². The highest BCUT2D eigenvalue weighted by molar-refractivity contribution is 5.85. The van der Waals surface area contributed by atoms with Crippen LogP contribution in [-0.2, 0) is 0 Å². The van der Waals surface area contributed by atoms with Gasteiger partial charge in [-0.25, -0.2) is 0 Å². The van der Waals surface area contributed by atoms with Crippen molar-refractivity contribution in [2.24, 2.45) is 22.6 Å². The second kappa shape index (κ2) is 3.92. The second-order valence-corrected chi connectivity index (χ2v) is 4.05. The largest absolute Gasteiger partial charge is 0.387 e. The zero-order valence-corrected chi connectivity index (χ0v) is 8.38. The van der Waals surface area contributed by atoms with Crippen molar-refractivity contribution in [3.05, 3.63) is 0 Å². The summed E-state index contributed by atoms with van der Waals surface area (Å²) >= 11 is 0. The molecule has 0 saturated heterocycles. The predicted molar refractivity (Wildman–Crippen MR) is 53.3 cm³/mol. The molecular weight excluding hydrogens is 148 g/mol. The fraction of sp³-hybridized carbons (Fsp3) is 0.900. The molecule has 0 aromatic rings. The van der Waals surface area contributed by atoms with Crippen LogP contribution in [0.1, 0.15) is 40.0 Å². The van der Waals surface area contributed by atoms with E-state index in [1.807, 2.05) is 0 Å². The fourth-order valence-electron chi connectivity index (χ4n) is 1.39. The van der Waals surface area contributed by atoms with Crippen LogP contribution in [0.15, 0.2) is 4.99 Å². The maximum atomic E-state index is 5.84. The average Bonchev–Trinajstić information content (AvgIpc) is 2.80. The van der Waals surface area contributed by atoms with Gasteiger partial charge in [0, 0.05) is 5.92 Å². The van der Waals surface area contributed by atoms with E-state index in [0.717, 1.165) is 12.3 Å². The van der Waals surface area contributed by atoms with Gasteiger partial charge in [0.05, 0.1) is 11.9 Å². The number of hydrogen-bond donors (Lipinski definition) is 1. The van der Waals surface area contributed by atoms with Gasteiger partial charge in [-0.3, -0.25) is 4.99 Å². The summed E-state index contributed by atoms with van der Waals surface area (Å²) in [4.78, 5) is 4.55. The SMILES string of the molecule is CCC(N=C(N)C1CC1)C(C)C. The van der Waals surface area contributed by atoms with Gasteiger partial charge in [-0.15, -0.1) is 0 Å². The molecule has 0 radical (unpaired) electrons. The van der Waals surface area contributed by atoms with Gasteiger partial charge in [-0.1, -0.05) is 20.8 Å². The van der Waals surface area contributed by atoms with Gasteiger partial charge in [-0.2, -0.15) is 0 Å². The summed E-state index contributed by atoms with van der Waals surface area (Å²) in [5.41, 5.74) is 5.84. The van der Waals surface area contributed by atoms with Gasteiger partial charge < -0.3 is 5.73 Å². The second-order valence-electron chi connectivity index (χ2n) is 4.05. The average molecular weight is 168 g/mol. The lowest BCUT2D eigenvalue weighted by molar-refractivity contribution is 0.482. The van der Waals surface area contributed by atoms with Crippen molar-refractivity contribution in [2.45, 2.75) is 46.1 Å². The highest BCUT2D eigenvalue weighted by Crippen LogP contribution is 2.29. The van der Waals surface area contributed by atoms with Crippen molar-refractivity contribution >= 4 is 5.84 Å². The van der Waals surface area contributed by atoms with Gasteiger partial charge >= 0.3 is 0 Å². The summed E-state index contributed by atoms with van der Waals surface area (Å²) in [6.45, 7) is 6.59. The Balaban J connectivity index is 2.48. The Morgan fingerprint density at radius 3 is 2.42 bits per heavy atom.